The predicted molar refractivity (Wildman–Crippen MR) is 121 cm³/mol. The van der Waals surface area contributed by atoms with Gasteiger partial charge in [0.1, 0.15) is 0 Å². The van der Waals surface area contributed by atoms with Gasteiger partial charge in [-0.05, 0) is 29.5 Å². The number of aromatic nitrogens is 2. The lowest BCUT2D eigenvalue weighted by Gasteiger charge is -1.98. The topological polar surface area (TPSA) is 67.2 Å². The van der Waals surface area contributed by atoms with Crippen LogP contribution in [0, 0.1) is 0 Å². The SMILES string of the molecule is CSc1ccc(C=NNC(=O)CSc2nnc(SCc3ccccc3)s2)cc1. The molecule has 0 bridgehead atoms. The second kappa shape index (κ2) is 11.3. The number of hydrogen-bond donors (Lipinski definition) is 1. The number of nitrogens with one attached hydrogen (secondary N) is 1. The summed E-state index contributed by atoms with van der Waals surface area (Å²) in [6, 6.07) is 18.2. The van der Waals surface area contributed by atoms with Crippen LogP contribution in [-0.2, 0) is 10.5 Å². The molecule has 0 spiro atoms. The summed E-state index contributed by atoms with van der Waals surface area (Å²) < 4.78 is 1.68. The molecule has 0 saturated heterocycles. The van der Waals surface area contributed by atoms with Gasteiger partial charge in [0.15, 0.2) is 8.68 Å². The maximum Gasteiger partial charge on any atom is 0.250 e. The highest BCUT2D eigenvalue weighted by atomic mass is 32.2. The first-order valence-electron chi connectivity index (χ1n) is 8.32. The molecule has 0 saturated carbocycles. The molecule has 2 aromatic carbocycles. The van der Waals surface area contributed by atoms with E-state index in [0.717, 1.165) is 20.0 Å². The summed E-state index contributed by atoms with van der Waals surface area (Å²) in [5, 5.41) is 12.3. The van der Waals surface area contributed by atoms with Crippen LogP contribution in [-0.4, -0.2) is 34.3 Å². The van der Waals surface area contributed by atoms with Crippen LogP contribution in [0.15, 0.2) is 73.3 Å². The standard InChI is InChI=1S/C19H18N4OS4/c1-25-16-9-7-14(8-10-16)11-20-21-17(24)13-27-19-23-22-18(28-19)26-12-15-5-3-2-4-6-15/h2-11H,12-13H2,1H3,(H,21,24). The molecule has 0 radical (unpaired) electrons. The molecule has 1 aromatic heterocycles. The van der Waals surface area contributed by atoms with Crippen molar-refractivity contribution in [1.82, 2.24) is 15.6 Å². The Morgan fingerprint density at radius 2 is 1.79 bits per heavy atom. The van der Waals surface area contributed by atoms with Crippen molar-refractivity contribution in [3.63, 3.8) is 0 Å². The highest BCUT2D eigenvalue weighted by molar-refractivity contribution is 8.03. The van der Waals surface area contributed by atoms with Crippen LogP contribution < -0.4 is 5.43 Å². The number of carbonyl (C=O) groups is 1. The molecule has 0 aliphatic carbocycles. The lowest BCUT2D eigenvalue weighted by molar-refractivity contribution is -0.118. The molecule has 9 heteroatoms. The molecule has 0 aliphatic heterocycles. The lowest BCUT2D eigenvalue weighted by Crippen LogP contribution is -2.19. The molecule has 0 fully saturated rings. The van der Waals surface area contributed by atoms with Gasteiger partial charge in [-0.15, -0.1) is 22.0 Å². The van der Waals surface area contributed by atoms with Crippen molar-refractivity contribution in [2.45, 2.75) is 19.3 Å². The molecule has 144 valence electrons. The number of nitrogens with zero attached hydrogens (tertiary/aromatic N) is 3. The first-order chi connectivity index (χ1) is 13.7. The van der Waals surface area contributed by atoms with Crippen LogP contribution in [0.3, 0.4) is 0 Å². The van der Waals surface area contributed by atoms with Crippen molar-refractivity contribution in [2.75, 3.05) is 12.0 Å². The zero-order valence-corrected chi connectivity index (χ0v) is 18.3. The van der Waals surface area contributed by atoms with E-state index in [2.05, 4.69) is 32.9 Å². The van der Waals surface area contributed by atoms with Crippen molar-refractivity contribution in [2.24, 2.45) is 5.10 Å². The Hall–Kier alpha value is -1.81. The van der Waals surface area contributed by atoms with E-state index in [4.69, 9.17) is 0 Å². The Balaban J connectivity index is 1.39. The molecule has 0 aliphatic rings. The Kier molecular flexibility index (Phi) is 8.41. The van der Waals surface area contributed by atoms with Crippen molar-refractivity contribution >= 4 is 58.7 Å². The van der Waals surface area contributed by atoms with Gasteiger partial charge in [-0.1, -0.05) is 77.3 Å². The molecule has 1 amide bonds. The van der Waals surface area contributed by atoms with Gasteiger partial charge in [0.2, 0.25) is 0 Å². The summed E-state index contributed by atoms with van der Waals surface area (Å²) in [7, 11) is 0. The summed E-state index contributed by atoms with van der Waals surface area (Å²) in [5.74, 6) is 0.934. The normalized spacial score (nSPS) is 11.0. The van der Waals surface area contributed by atoms with E-state index in [1.165, 1.54) is 33.6 Å². The van der Waals surface area contributed by atoms with Crippen molar-refractivity contribution in [1.29, 1.82) is 0 Å². The van der Waals surface area contributed by atoms with Gasteiger partial charge in [0.05, 0.1) is 12.0 Å². The van der Waals surface area contributed by atoms with Gasteiger partial charge in [-0.3, -0.25) is 4.79 Å². The van der Waals surface area contributed by atoms with E-state index < -0.39 is 0 Å². The summed E-state index contributed by atoms with van der Waals surface area (Å²) in [4.78, 5) is 13.1. The second-order valence-electron chi connectivity index (χ2n) is 5.46. The maximum atomic E-state index is 11.9. The fourth-order valence-electron chi connectivity index (χ4n) is 2.06. The van der Waals surface area contributed by atoms with Gasteiger partial charge in [-0.2, -0.15) is 5.10 Å². The Morgan fingerprint density at radius 1 is 1.07 bits per heavy atom. The molecule has 3 rings (SSSR count). The molecular formula is C19H18N4OS4. The largest absolute Gasteiger partial charge is 0.272 e. The van der Waals surface area contributed by atoms with E-state index in [1.807, 2.05) is 48.7 Å². The average molecular weight is 447 g/mol. The first-order valence-corrected chi connectivity index (χ1v) is 12.3. The minimum atomic E-state index is -0.171. The minimum Gasteiger partial charge on any atom is -0.272 e. The molecule has 0 atom stereocenters. The number of amides is 1. The number of thioether (sulfide) groups is 3. The number of rotatable bonds is 9. The van der Waals surface area contributed by atoms with Crippen LogP contribution in [0.5, 0.6) is 0 Å². The van der Waals surface area contributed by atoms with Crippen LogP contribution in [0.4, 0.5) is 0 Å². The molecule has 28 heavy (non-hydrogen) atoms. The fourth-order valence-corrected chi connectivity index (χ4v) is 5.24. The second-order valence-corrected chi connectivity index (χ2v) is 9.77. The Morgan fingerprint density at radius 3 is 2.50 bits per heavy atom. The molecule has 0 unspecified atom stereocenters. The van der Waals surface area contributed by atoms with Gasteiger partial charge >= 0.3 is 0 Å². The van der Waals surface area contributed by atoms with Crippen LogP contribution in [0.25, 0.3) is 0 Å². The first kappa shape index (κ1) is 20.9. The Bertz CT molecular complexity index is 913. The van der Waals surface area contributed by atoms with Gasteiger partial charge in [0, 0.05) is 10.6 Å². The lowest BCUT2D eigenvalue weighted by atomic mass is 10.2. The molecule has 1 N–H and O–H groups in total. The average Bonchev–Trinajstić information content (AvgIpc) is 3.20. The summed E-state index contributed by atoms with van der Waals surface area (Å²) >= 11 is 6.20. The zero-order valence-electron chi connectivity index (χ0n) is 15.1. The third-order valence-corrected chi connectivity index (χ3v) is 7.44. The third-order valence-electron chi connectivity index (χ3n) is 3.44. The van der Waals surface area contributed by atoms with E-state index in [1.54, 1.807) is 29.7 Å². The summed E-state index contributed by atoms with van der Waals surface area (Å²) in [5.41, 5.74) is 4.73. The quantitative estimate of drug-likeness (QED) is 0.289. The van der Waals surface area contributed by atoms with Gasteiger partial charge in [0.25, 0.3) is 5.91 Å². The summed E-state index contributed by atoms with van der Waals surface area (Å²) in [6.07, 6.45) is 3.67. The van der Waals surface area contributed by atoms with Crippen LogP contribution in [0.2, 0.25) is 0 Å². The molecule has 1 heterocycles. The van der Waals surface area contributed by atoms with E-state index in [0.29, 0.717) is 0 Å². The number of carbonyl (C=O) groups excluding carboxylic acids is 1. The molecular weight excluding hydrogens is 429 g/mol. The number of hydrogen-bond acceptors (Lipinski definition) is 8. The smallest absolute Gasteiger partial charge is 0.250 e. The molecule has 5 nitrogen and oxygen atoms in total. The highest BCUT2D eigenvalue weighted by Crippen LogP contribution is 2.30. The van der Waals surface area contributed by atoms with Crippen molar-refractivity contribution in [3.8, 4) is 0 Å². The van der Waals surface area contributed by atoms with Gasteiger partial charge < -0.3 is 0 Å². The van der Waals surface area contributed by atoms with E-state index in [-0.39, 0.29) is 11.7 Å². The van der Waals surface area contributed by atoms with Gasteiger partial charge in [-0.25, -0.2) is 5.43 Å². The monoisotopic (exact) mass is 446 g/mol. The fraction of sp³-hybridized carbons (Fsp3) is 0.158. The maximum absolute atomic E-state index is 11.9. The number of hydrazone groups is 1. The third kappa shape index (κ3) is 6.97. The predicted octanol–water partition coefficient (Wildman–Crippen LogP) is 4.79. The molecule has 3 aromatic rings. The van der Waals surface area contributed by atoms with Crippen LogP contribution in [0.1, 0.15) is 11.1 Å². The highest BCUT2D eigenvalue weighted by Gasteiger charge is 2.08. The number of benzene rings is 2. The van der Waals surface area contributed by atoms with Crippen molar-refractivity contribution < 1.29 is 4.79 Å². The zero-order chi connectivity index (χ0) is 19.6. The Labute approximate surface area is 180 Å². The van der Waals surface area contributed by atoms with E-state index in [9.17, 15) is 4.79 Å². The summed E-state index contributed by atoms with van der Waals surface area (Å²) in [6.45, 7) is 0. The van der Waals surface area contributed by atoms with Crippen molar-refractivity contribution in [3.05, 3.63) is 65.7 Å². The van der Waals surface area contributed by atoms with E-state index >= 15 is 0 Å². The minimum absolute atomic E-state index is 0.171. The van der Waals surface area contributed by atoms with Crippen LogP contribution >= 0.6 is 46.6 Å².